The number of ether oxygens (including phenoxy) is 1. The van der Waals surface area contributed by atoms with Gasteiger partial charge in [0, 0.05) is 6.54 Å². The van der Waals surface area contributed by atoms with Gasteiger partial charge >= 0.3 is 0 Å². The van der Waals surface area contributed by atoms with E-state index in [4.69, 9.17) is 4.74 Å². The standard InChI is InChI=1S/C21H21N3O2/c1-15-8-11-20(26-2)19(12-15)24-21(25)18-10-9-17(14-23-18)22-13-16-6-4-3-5-7-16/h3-12,14,22H,13H2,1-2H3,(H,24,25). The van der Waals surface area contributed by atoms with Gasteiger partial charge in [-0.3, -0.25) is 4.79 Å². The van der Waals surface area contributed by atoms with Crippen LogP contribution in [0.3, 0.4) is 0 Å². The van der Waals surface area contributed by atoms with Gasteiger partial charge < -0.3 is 15.4 Å². The molecule has 0 radical (unpaired) electrons. The summed E-state index contributed by atoms with van der Waals surface area (Å²) in [5, 5.41) is 6.14. The summed E-state index contributed by atoms with van der Waals surface area (Å²) in [6.07, 6.45) is 1.66. The minimum Gasteiger partial charge on any atom is -0.495 e. The zero-order valence-electron chi connectivity index (χ0n) is 14.8. The number of rotatable bonds is 6. The number of carbonyl (C=O) groups is 1. The number of carbonyl (C=O) groups excluding carboxylic acids is 1. The number of nitrogens with one attached hydrogen (secondary N) is 2. The molecule has 0 saturated heterocycles. The van der Waals surface area contributed by atoms with Crippen LogP contribution in [0.25, 0.3) is 0 Å². The number of pyridine rings is 1. The van der Waals surface area contributed by atoms with E-state index in [-0.39, 0.29) is 5.91 Å². The van der Waals surface area contributed by atoms with Crippen LogP contribution in [0.15, 0.2) is 66.9 Å². The molecule has 2 aromatic carbocycles. The van der Waals surface area contributed by atoms with Crippen LogP contribution >= 0.6 is 0 Å². The minimum atomic E-state index is -0.275. The van der Waals surface area contributed by atoms with Crippen molar-refractivity contribution < 1.29 is 9.53 Å². The summed E-state index contributed by atoms with van der Waals surface area (Å²) in [6, 6.07) is 19.3. The fourth-order valence-corrected chi connectivity index (χ4v) is 2.54. The van der Waals surface area contributed by atoms with Crippen LogP contribution in [0.4, 0.5) is 11.4 Å². The topological polar surface area (TPSA) is 63.2 Å². The van der Waals surface area contributed by atoms with E-state index in [1.165, 1.54) is 5.56 Å². The van der Waals surface area contributed by atoms with Crippen LogP contribution < -0.4 is 15.4 Å². The molecule has 5 nitrogen and oxygen atoms in total. The van der Waals surface area contributed by atoms with Crippen LogP contribution in [0.1, 0.15) is 21.6 Å². The van der Waals surface area contributed by atoms with E-state index >= 15 is 0 Å². The van der Waals surface area contributed by atoms with Gasteiger partial charge in [0.2, 0.25) is 0 Å². The first kappa shape index (κ1) is 17.5. The molecule has 0 aliphatic carbocycles. The Morgan fingerprint density at radius 1 is 1.08 bits per heavy atom. The van der Waals surface area contributed by atoms with Crippen molar-refractivity contribution in [3.63, 3.8) is 0 Å². The summed E-state index contributed by atoms with van der Waals surface area (Å²) < 4.78 is 5.29. The number of hydrogen-bond donors (Lipinski definition) is 2. The van der Waals surface area contributed by atoms with Crippen LogP contribution in [-0.2, 0) is 6.54 Å². The van der Waals surface area contributed by atoms with E-state index in [1.807, 2.05) is 49.4 Å². The molecule has 0 saturated carbocycles. The van der Waals surface area contributed by atoms with Crippen molar-refractivity contribution in [2.24, 2.45) is 0 Å². The number of anilines is 2. The Bertz CT molecular complexity index is 878. The van der Waals surface area contributed by atoms with Crippen molar-refractivity contribution in [1.29, 1.82) is 0 Å². The number of amides is 1. The number of aromatic nitrogens is 1. The normalized spacial score (nSPS) is 10.2. The maximum Gasteiger partial charge on any atom is 0.274 e. The van der Waals surface area contributed by atoms with Gasteiger partial charge in [-0.05, 0) is 42.3 Å². The van der Waals surface area contributed by atoms with Crippen molar-refractivity contribution in [1.82, 2.24) is 4.98 Å². The minimum absolute atomic E-state index is 0.275. The highest BCUT2D eigenvalue weighted by atomic mass is 16.5. The van der Waals surface area contributed by atoms with E-state index in [0.29, 0.717) is 23.7 Å². The first-order valence-electron chi connectivity index (χ1n) is 8.35. The van der Waals surface area contributed by atoms with Crippen molar-refractivity contribution in [3.05, 3.63) is 83.7 Å². The van der Waals surface area contributed by atoms with E-state index in [1.54, 1.807) is 19.4 Å². The fraction of sp³-hybridized carbons (Fsp3) is 0.143. The molecule has 26 heavy (non-hydrogen) atoms. The van der Waals surface area contributed by atoms with Crippen molar-refractivity contribution >= 4 is 17.3 Å². The van der Waals surface area contributed by atoms with Gasteiger partial charge in [-0.2, -0.15) is 0 Å². The van der Waals surface area contributed by atoms with Gasteiger partial charge in [-0.1, -0.05) is 36.4 Å². The van der Waals surface area contributed by atoms with Crippen LogP contribution in [0.2, 0.25) is 0 Å². The molecule has 3 rings (SSSR count). The van der Waals surface area contributed by atoms with Crippen LogP contribution in [0, 0.1) is 6.92 Å². The zero-order chi connectivity index (χ0) is 18.4. The molecular formula is C21H21N3O2. The molecule has 0 atom stereocenters. The number of methoxy groups -OCH3 is 1. The first-order valence-corrected chi connectivity index (χ1v) is 8.35. The van der Waals surface area contributed by atoms with E-state index in [9.17, 15) is 4.79 Å². The predicted octanol–water partition coefficient (Wildman–Crippen LogP) is 4.26. The van der Waals surface area contributed by atoms with E-state index in [0.717, 1.165) is 11.3 Å². The second kappa shape index (κ2) is 8.16. The molecule has 1 heterocycles. The molecule has 0 aliphatic heterocycles. The summed E-state index contributed by atoms with van der Waals surface area (Å²) in [7, 11) is 1.58. The lowest BCUT2D eigenvalue weighted by atomic mass is 10.2. The second-order valence-electron chi connectivity index (χ2n) is 5.93. The highest BCUT2D eigenvalue weighted by molar-refractivity contribution is 6.03. The molecule has 1 aromatic heterocycles. The average molecular weight is 347 g/mol. The van der Waals surface area contributed by atoms with Gasteiger partial charge in [-0.15, -0.1) is 0 Å². The van der Waals surface area contributed by atoms with Crippen LogP contribution in [0.5, 0.6) is 5.75 Å². The fourth-order valence-electron chi connectivity index (χ4n) is 2.54. The average Bonchev–Trinajstić information content (AvgIpc) is 2.68. The van der Waals surface area contributed by atoms with Gasteiger partial charge in [0.05, 0.1) is 24.7 Å². The Labute approximate surface area is 153 Å². The van der Waals surface area contributed by atoms with Crippen molar-refractivity contribution in [2.45, 2.75) is 13.5 Å². The number of benzene rings is 2. The summed E-state index contributed by atoms with van der Waals surface area (Å²) >= 11 is 0. The summed E-state index contributed by atoms with van der Waals surface area (Å²) in [5.41, 5.74) is 4.05. The van der Waals surface area contributed by atoms with Gasteiger partial charge in [-0.25, -0.2) is 4.98 Å². The lowest BCUT2D eigenvalue weighted by molar-refractivity contribution is 0.102. The molecule has 2 N–H and O–H groups in total. The monoisotopic (exact) mass is 347 g/mol. The highest BCUT2D eigenvalue weighted by Gasteiger charge is 2.11. The van der Waals surface area contributed by atoms with Crippen molar-refractivity contribution in [2.75, 3.05) is 17.7 Å². The number of hydrogen-bond acceptors (Lipinski definition) is 4. The molecule has 5 heteroatoms. The predicted molar refractivity (Wildman–Crippen MR) is 104 cm³/mol. The van der Waals surface area contributed by atoms with E-state index in [2.05, 4.69) is 27.8 Å². The molecular weight excluding hydrogens is 326 g/mol. The number of aryl methyl sites for hydroxylation is 1. The first-order chi connectivity index (χ1) is 12.7. The Morgan fingerprint density at radius 2 is 1.88 bits per heavy atom. The quantitative estimate of drug-likeness (QED) is 0.699. The third kappa shape index (κ3) is 4.39. The molecule has 0 bridgehead atoms. The Hall–Kier alpha value is -3.34. The molecule has 0 spiro atoms. The molecule has 3 aromatic rings. The lowest BCUT2D eigenvalue weighted by Gasteiger charge is -2.11. The zero-order valence-corrected chi connectivity index (χ0v) is 14.8. The van der Waals surface area contributed by atoms with Gasteiger partial charge in [0.1, 0.15) is 11.4 Å². The number of nitrogens with zero attached hydrogens (tertiary/aromatic N) is 1. The van der Waals surface area contributed by atoms with E-state index < -0.39 is 0 Å². The van der Waals surface area contributed by atoms with Gasteiger partial charge in [0.25, 0.3) is 5.91 Å². The third-order valence-electron chi connectivity index (χ3n) is 3.94. The third-order valence-corrected chi connectivity index (χ3v) is 3.94. The SMILES string of the molecule is COc1ccc(C)cc1NC(=O)c1ccc(NCc2ccccc2)cn1. The molecule has 1 amide bonds. The Morgan fingerprint density at radius 3 is 2.58 bits per heavy atom. The molecule has 0 aliphatic rings. The van der Waals surface area contributed by atoms with Crippen LogP contribution in [-0.4, -0.2) is 18.0 Å². The highest BCUT2D eigenvalue weighted by Crippen LogP contribution is 2.25. The molecule has 132 valence electrons. The largest absolute Gasteiger partial charge is 0.495 e. The lowest BCUT2D eigenvalue weighted by Crippen LogP contribution is -2.14. The maximum absolute atomic E-state index is 12.4. The van der Waals surface area contributed by atoms with Gasteiger partial charge in [0.15, 0.2) is 0 Å². The smallest absolute Gasteiger partial charge is 0.274 e. The second-order valence-corrected chi connectivity index (χ2v) is 5.93. The summed E-state index contributed by atoms with van der Waals surface area (Å²) in [5.74, 6) is 0.341. The van der Waals surface area contributed by atoms with Crippen molar-refractivity contribution in [3.8, 4) is 5.75 Å². The summed E-state index contributed by atoms with van der Waals surface area (Å²) in [4.78, 5) is 16.7. The molecule has 0 unspecified atom stereocenters. The maximum atomic E-state index is 12.4. The summed E-state index contributed by atoms with van der Waals surface area (Å²) in [6.45, 7) is 2.66. The Balaban J connectivity index is 1.64. The molecule has 0 fully saturated rings. The Kier molecular flexibility index (Phi) is 5.49.